The van der Waals surface area contributed by atoms with Gasteiger partial charge in [0.15, 0.2) is 5.82 Å². The van der Waals surface area contributed by atoms with Crippen LogP contribution in [0.2, 0.25) is 0 Å². The van der Waals surface area contributed by atoms with Crippen molar-refractivity contribution in [3.63, 3.8) is 0 Å². The highest BCUT2D eigenvalue weighted by molar-refractivity contribution is 6.05. The molecule has 0 bridgehead atoms. The Kier molecular flexibility index (Phi) is 4.26. The van der Waals surface area contributed by atoms with Crippen molar-refractivity contribution in [3.05, 3.63) is 71.7 Å². The van der Waals surface area contributed by atoms with Gasteiger partial charge in [-0.2, -0.15) is 18.3 Å². The molecule has 1 aromatic carbocycles. The van der Waals surface area contributed by atoms with Crippen LogP contribution in [0.25, 0.3) is 5.82 Å². The van der Waals surface area contributed by atoms with Crippen LogP contribution in [0.15, 0.2) is 54.9 Å². The van der Waals surface area contributed by atoms with E-state index in [1.165, 1.54) is 29.1 Å². The van der Waals surface area contributed by atoms with Crippen LogP contribution in [-0.4, -0.2) is 20.7 Å². The number of hydrogen-bond acceptors (Lipinski definition) is 3. The maximum absolute atomic E-state index is 13.0. The van der Waals surface area contributed by atoms with E-state index < -0.39 is 17.6 Å². The van der Waals surface area contributed by atoms with Crippen molar-refractivity contribution in [1.82, 2.24) is 14.8 Å². The molecule has 1 N–H and O–H groups in total. The number of nitrogens with zero attached hydrogens (tertiary/aromatic N) is 3. The summed E-state index contributed by atoms with van der Waals surface area (Å²) in [6.07, 6.45) is -1.68. The SMILES string of the molecule is Cc1c(C(=O)Nc2ccccc2C(F)(F)F)cnn1-c1ccccn1. The lowest BCUT2D eigenvalue weighted by atomic mass is 10.1. The number of para-hydroxylation sites is 1. The van der Waals surface area contributed by atoms with E-state index in [0.717, 1.165) is 6.07 Å². The maximum atomic E-state index is 13.0. The molecule has 0 fully saturated rings. The second-order valence-corrected chi connectivity index (χ2v) is 5.24. The third-order valence-corrected chi connectivity index (χ3v) is 3.60. The molecule has 0 unspecified atom stereocenters. The number of halogens is 3. The van der Waals surface area contributed by atoms with Crippen LogP contribution in [-0.2, 0) is 6.18 Å². The number of carbonyl (C=O) groups excluding carboxylic acids is 1. The lowest BCUT2D eigenvalue weighted by Gasteiger charge is -2.13. The van der Waals surface area contributed by atoms with Crippen molar-refractivity contribution in [2.75, 3.05) is 5.32 Å². The molecule has 8 heteroatoms. The van der Waals surface area contributed by atoms with Crippen molar-refractivity contribution < 1.29 is 18.0 Å². The van der Waals surface area contributed by atoms with Gasteiger partial charge in [0.25, 0.3) is 5.91 Å². The Balaban J connectivity index is 1.90. The zero-order valence-corrected chi connectivity index (χ0v) is 13.1. The summed E-state index contributed by atoms with van der Waals surface area (Å²) in [4.78, 5) is 16.5. The summed E-state index contributed by atoms with van der Waals surface area (Å²) < 4.78 is 40.5. The first-order valence-corrected chi connectivity index (χ1v) is 7.31. The van der Waals surface area contributed by atoms with E-state index in [0.29, 0.717) is 11.5 Å². The van der Waals surface area contributed by atoms with Crippen LogP contribution in [0.3, 0.4) is 0 Å². The minimum Gasteiger partial charge on any atom is -0.321 e. The van der Waals surface area contributed by atoms with Crippen LogP contribution in [0, 0.1) is 6.92 Å². The highest BCUT2D eigenvalue weighted by Gasteiger charge is 2.33. The predicted octanol–water partition coefficient (Wildman–Crippen LogP) is 3.85. The number of rotatable bonds is 3. The molecule has 0 saturated carbocycles. The Labute approximate surface area is 141 Å². The topological polar surface area (TPSA) is 59.8 Å². The number of anilines is 1. The number of pyridine rings is 1. The minimum absolute atomic E-state index is 0.169. The monoisotopic (exact) mass is 346 g/mol. The Bertz CT molecular complexity index is 904. The molecule has 0 aliphatic heterocycles. The highest BCUT2D eigenvalue weighted by atomic mass is 19.4. The van der Waals surface area contributed by atoms with E-state index in [-0.39, 0.29) is 11.3 Å². The van der Waals surface area contributed by atoms with Gasteiger partial charge in [0.1, 0.15) is 0 Å². The van der Waals surface area contributed by atoms with Crippen molar-refractivity contribution in [1.29, 1.82) is 0 Å². The molecular weight excluding hydrogens is 333 g/mol. The first-order chi connectivity index (χ1) is 11.9. The average Bonchev–Trinajstić information content (AvgIpc) is 2.97. The molecule has 3 aromatic rings. The quantitative estimate of drug-likeness (QED) is 0.784. The second-order valence-electron chi connectivity index (χ2n) is 5.24. The number of amides is 1. The van der Waals surface area contributed by atoms with Gasteiger partial charge in [0, 0.05) is 6.20 Å². The van der Waals surface area contributed by atoms with Crippen LogP contribution >= 0.6 is 0 Å². The fraction of sp³-hybridized carbons (Fsp3) is 0.118. The summed E-state index contributed by atoms with van der Waals surface area (Å²) in [7, 11) is 0. The molecular formula is C17H13F3N4O. The third kappa shape index (κ3) is 3.37. The number of aromatic nitrogens is 3. The standard InChI is InChI=1S/C17H13F3N4O/c1-11-12(10-22-24(11)15-8-4-5-9-21-15)16(25)23-14-7-3-2-6-13(14)17(18,19)20/h2-10H,1H3,(H,23,25). The molecule has 0 atom stereocenters. The van der Waals surface area contributed by atoms with Gasteiger partial charge in [0.2, 0.25) is 0 Å². The first kappa shape index (κ1) is 16.7. The molecule has 0 saturated heterocycles. The van der Waals surface area contributed by atoms with Crippen molar-refractivity contribution in [2.45, 2.75) is 13.1 Å². The van der Waals surface area contributed by atoms with Crippen molar-refractivity contribution in [3.8, 4) is 5.82 Å². The van der Waals surface area contributed by atoms with E-state index in [1.54, 1.807) is 31.3 Å². The lowest BCUT2D eigenvalue weighted by Crippen LogP contribution is -2.17. The molecule has 0 radical (unpaired) electrons. The van der Waals surface area contributed by atoms with E-state index in [9.17, 15) is 18.0 Å². The second kappa shape index (κ2) is 6.39. The molecule has 0 aliphatic carbocycles. The van der Waals surface area contributed by atoms with E-state index in [4.69, 9.17) is 0 Å². The number of carbonyl (C=O) groups is 1. The lowest BCUT2D eigenvalue weighted by molar-refractivity contribution is -0.136. The predicted molar refractivity (Wildman–Crippen MR) is 85.5 cm³/mol. The Hall–Kier alpha value is -3.16. The molecule has 0 spiro atoms. The highest BCUT2D eigenvalue weighted by Crippen LogP contribution is 2.34. The van der Waals surface area contributed by atoms with Gasteiger partial charge < -0.3 is 5.32 Å². The van der Waals surface area contributed by atoms with Gasteiger partial charge in [-0.15, -0.1) is 0 Å². The zero-order valence-electron chi connectivity index (χ0n) is 13.1. The Morgan fingerprint density at radius 1 is 1.12 bits per heavy atom. The number of benzene rings is 1. The largest absolute Gasteiger partial charge is 0.418 e. The fourth-order valence-electron chi connectivity index (χ4n) is 2.37. The maximum Gasteiger partial charge on any atom is 0.418 e. The van der Waals surface area contributed by atoms with Gasteiger partial charge in [-0.05, 0) is 31.2 Å². The summed E-state index contributed by atoms with van der Waals surface area (Å²) in [6, 6.07) is 10.0. The molecule has 2 heterocycles. The van der Waals surface area contributed by atoms with Crippen molar-refractivity contribution in [2.24, 2.45) is 0 Å². The first-order valence-electron chi connectivity index (χ1n) is 7.31. The summed E-state index contributed by atoms with van der Waals surface area (Å²) in [5.41, 5.74) is -0.563. The van der Waals surface area contributed by atoms with Gasteiger partial charge in [-0.25, -0.2) is 9.67 Å². The molecule has 3 rings (SSSR count). The normalized spacial score (nSPS) is 11.4. The van der Waals surface area contributed by atoms with Gasteiger partial charge in [-0.1, -0.05) is 18.2 Å². The molecule has 25 heavy (non-hydrogen) atoms. The summed E-state index contributed by atoms with van der Waals surface area (Å²) in [5.74, 6) is -0.161. The van der Waals surface area contributed by atoms with Gasteiger partial charge >= 0.3 is 6.18 Å². The Morgan fingerprint density at radius 3 is 2.52 bits per heavy atom. The van der Waals surface area contributed by atoms with Crippen LogP contribution in [0.4, 0.5) is 18.9 Å². The third-order valence-electron chi connectivity index (χ3n) is 3.60. The summed E-state index contributed by atoms with van der Waals surface area (Å²) in [6.45, 7) is 1.65. The fourth-order valence-corrected chi connectivity index (χ4v) is 2.37. The minimum atomic E-state index is -4.56. The van der Waals surface area contributed by atoms with Crippen molar-refractivity contribution >= 4 is 11.6 Å². The van der Waals surface area contributed by atoms with Crippen LogP contribution < -0.4 is 5.32 Å². The summed E-state index contributed by atoms with van der Waals surface area (Å²) in [5, 5.41) is 6.40. The molecule has 1 amide bonds. The van der Waals surface area contributed by atoms with Gasteiger partial charge in [0.05, 0.1) is 28.7 Å². The molecule has 0 aliphatic rings. The molecule has 128 valence electrons. The zero-order chi connectivity index (χ0) is 18.0. The van der Waals surface area contributed by atoms with Crippen LogP contribution in [0.1, 0.15) is 21.6 Å². The average molecular weight is 346 g/mol. The summed E-state index contributed by atoms with van der Waals surface area (Å²) >= 11 is 0. The van der Waals surface area contributed by atoms with E-state index >= 15 is 0 Å². The molecule has 5 nitrogen and oxygen atoms in total. The van der Waals surface area contributed by atoms with Gasteiger partial charge in [-0.3, -0.25) is 4.79 Å². The van der Waals surface area contributed by atoms with E-state index in [1.807, 2.05) is 0 Å². The Morgan fingerprint density at radius 2 is 1.84 bits per heavy atom. The smallest absolute Gasteiger partial charge is 0.321 e. The number of hydrogen-bond donors (Lipinski definition) is 1. The molecule has 2 aromatic heterocycles. The van der Waals surface area contributed by atoms with Crippen LogP contribution in [0.5, 0.6) is 0 Å². The number of nitrogens with one attached hydrogen (secondary N) is 1. The number of alkyl halides is 3. The van der Waals surface area contributed by atoms with E-state index in [2.05, 4.69) is 15.4 Å².